The predicted octanol–water partition coefficient (Wildman–Crippen LogP) is 4.63. The second kappa shape index (κ2) is 14.1. The van der Waals surface area contributed by atoms with E-state index in [9.17, 15) is 4.79 Å². The van der Waals surface area contributed by atoms with Crippen molar-refractivity contribution in [2.75, 3.05) is 52.9 Å². The molecule has 0 N–H and O–H groups in total. The van der Waals surface area contributed by atoms with Gasteiger partial charge in [-0.25, -0.2) is 0 Å². The molecule has 0 aliphatic carbocycles. The van der Waals surface area contributed by atoms with Crippen molar-refractivity contribution in [2.24, 2.45) is 10.2 Å². The maximum Gasteiger partial charge on any atom is 0.305 e. The molecule has 0 saturated heterocycles. The number of fused-ring (bicyclic) bond motifs is 2. The lowest BCUT2D eigenvalue weighted by Gasteiger charge is -2.13. The molecule has 0 atom stereocenters. The van der Waals surface area contributed by atoms with Crippen LogP contribution >= 0.6 is 0 Å². The fraction of sp³-hybridized carbons (Fsp3) is 0.458. The Balaban J connectivity index is 1.71. The third-order valence-electron chi connectivity index (χ3n) is 4.50. The van der Waals surface area contributed by atoms with Gasteiger partial charge in [-0.15, -0.1) is 10.2 Å². The molecule has 0 aromatic heterocycles. The Morgan fingerprint density at radius 2 is 1.55 bits per heavy atom. The summed E-state index contributed by atoms with van der Waals surface area (Å²) in [6, 6.07) is 12.7. The van der Waals surface area contributed by atoms with Crippen molar-refractivity contribution in [1.82, 2.24) is 0 Å². The Morgan fingerprint density at radius 3 is 2.30 bits per heavy atom. The van der Waals surface area contributed by atoms with Crippen LogP contribution in [0.15, 0.2) is 52.7 Å². The number of carbonyl (C=O) groups excluding carboxylic acids is 1. The van der Waals surface area contributed by atoms with Crippen LogP contribution in [-0.4, -0.2) is 58.8 Å². The second-order valence-corrected chi connectivity index (χ2v) is 6.98. The van der Waals surface area contributed by atoms with Crippen molar-refractivity contribution in [3.8, 4) is 17.2 Å². The minimum Gasteiger partial charge on any atom is -0.493 e. The maximum absolute atomic E-state index is 11.5. The van der Waals surface area contributed by atoms with E-state index in [0.717, 1.165) is 0 Å². The number of azo groups is 1. The van der Waals surface area contributed by atoms with Crippen molar-refractivity contribution < 1.29 is 33.2 Å². The molecule has 2 aromatic carbocycles. The first kappa shape index (κ1) is 24.5. The standard InChI is InChI=1S/C24H30N2O7/c1-2-30-24(27)8-5-11-31-19-9-10-21-23(18-19)33-17-15-29-13-12-28-14-16-32-22-7-4-3-6-20(22)25-26-21/h3-4,6-7,9-10,18H,2,5,8,11-17H2,1H3. The maximum atomic E-state index is 11.5. The van der Waals surface area contributed by atoms with Gasteiger partial charge >= 0.3 is 5.97 Å². The van der Waals surface area contributed by atoms with Crippen LogP contribution in [0, 0.1) is 0 Å². The highest BCUT2D eigenvalue weighted by Gasteiger charge is 2.09. The van der Waals surface area contributed by atoms with Crippen molar-refractivity contribution in [3.63, 3.8) is 0 Å². The summed E-state index contributed by atoms with van der Waals surface area (Å²) in [6.07, 6.45) is 0.870. The van der Waals surface area contributed by atoms with Gasteiger partial charge in [0.2, 0.25) is 0 Å². The number of carbonyl (C=O) groups is 1. The molecule has 0 unspecified atom stereocenters. The molecule has 0 radical (unpaired) electrons. The highest BCUT2D eigenvalue weighted by atomic mass is 16.6. The minimum absolute atomic E-state index is 0.227. The fourth-order valence-corrected chi connectivity index (χ4v) is 2.93. The quantitative estimate of drug-likeness (QED) is 0.460. The van der Waals surface area contributed by atoms with E-state index in [1.54, 1.807) is 25.1 Å². The van der Waals surface area contributed by atoms with Gasteiger partial charge in [0.05, 0.1) is 39.6 Å². The highest BCUT2D eigenvalue weighted by molar-refractivity contribution is 5.69. The van der Waals surface area contributed by atoms with Gasteiger partial charge in [0.25, 0.3) is 0 Å². The summed E-state index contributed by atoms with van der Waals surface area (Å²) >= 11 is 0. The monoisotopic (exact) mass is 458 g/mol. The molecule has 0 amide bonds. The van der Waals surface area contributed by atoms with Crippen molar-refractivity contribution in [3.05, 3.63) is 42.5 Å². The van der Waals surface area contributed by atoms with E-state index in [4.69, 9.17) is 28.4 Å². The molecule has 0 spiro atoms. The van der Waals surface area contributed by atoms with Crippen LogP contribution in [0.4, 0.5) is 11.4 Å². The Hall–Kier alpha value is -3.17. The van der Waals surface area contributed by atoms with Gasteiger partial charge in [-0.2, -0.15) is 0 Å². The highest BCUT2D eigenvalue weighted by Crippen LogP contribution is 2.35. The number of hydrogen-bond acceptors (Lipinski definition) is 9. The summed E-state index contributed by atoms with van der Waals surface area (Å²) in [6.45, 7) is 5.10. The average molecular weight is 459 g/mol. The largest absolute Gasteiger partial charge is 0.493 e. The van der Waals surface area contributed by atoms with Gasteiger partial charge < -0.3 is 28.4 Å². The molecular weight excluding hydrogens is 428 g/mol. The molecule has 0 saturated carbocycles. The molecule has 0 bridgehead atoms. The smallest absolute Gasteiger partial charge is 0.305 e. The van der Waals surface area contributed by atoms with Crippen LogP contribution in [0.25, 0.3) is 0 Å². The van der Waals surface area contributed by atoms with E-state index in [0.29, 0.717) is 94.3 Å². The van der Waals surface area contributed by atoms with Gasteiger partial charge in [-0.1, -0.05) is 12.1 Å². The second-order valence-electron chi connectivity index (χ2n) is 6.98. The van der Waals surface area contributed by atoms with E-state index in [2.05, 4.69) is 10.2 Å². The van der Waals surface area contributed by atoms with Gasteiger partial charge in [0.15, 0.2) is 5.75 Å². The first-order valence-corrected chi connectivity index (χ1v) is 11.1. The molecule has 9 nitrogen and oxygen atoms in total. The molecule has 0 fully saturated rings. The number of rotatable bonds is 6. The molecule has 178 valence electrons. The lowest BCUT2D eigenvalue weighted by Crippen LogP contribution is -2.13. The summed E-state index contributed by atoms with van der Waals surface area (Å²) in [5, 5.41) is 8.73. The van der Waals surface area contributed by atoms with Crippen molar-refractivity contribution >= 4 is 17.3 Å². The number of esters is 1. The van der Waals surface area contributed by atoms with Crippen molar-refractivity contribution in [1.29, 1.82) is 0 Å². The molecule has 1 aliphatic heterocycles. The zero-order valence-corrected chi connectivity index (χ0v) is 18.9. The molecule has 1 heterocycles. The Kier molecular flexibility index (Phi) is 10.4. The summed E-state index contributed by atoms with van der Waals surface area (Å²) in [5.74, 6) is 1.53. The molecule has 2 aromatic rings. The first-order valence-electron chi connectivity index (χ1n) is 11.1. The predicted molar refractivity (Wildman–Crippen MR) is 121 cm³/mol. The SMILES string of the molecule is CCOC(=O)CCCOc1ccc2c(c1)OCCOCCOCCOc1ccccc1N=N2. The number of ether oxygens (including phenoxy) is 6. The normalized spacial score (nSPS) is 14.8. The summed E-state index contributed by atoms with van der Waals surface area (Å²) in [7, 11) is 0. The lowest BCUT2D eigenvalue weighted by molar-refractivity contribution is -0.143. The third-order valence-corrected chi connectivity index (χ3v) is 4.50. The Labute approximate surface area is 193 Å². The Bertz CT molecular complexity index is 904. The summed E-state index contributed by atoms with van der Waals surface area (Å²) < 4.78 is 33.4. The topological polar surface area (TPSA) is 97.2 Å². The molecule has 1 aliphatic rings. The van der Waals surface area contributed by atoms with E-state index < -0.39 is 0 Å². The summed E-state index contributed by atoms with van der Waals surface area (Å²) in [5.41, 5.74) is 1.16. The first-order chi connectivity index (χ1) is 16.3. The van der Waals surface area contributed by atoms with Crippen molar-refractivity contribution in [2.45, 2.75) is 19.8 Å². The van der Waals surface area contributed by atoms with Gasteiger partial charge in [0, 0.05) is 12.5 Å². The van der Waals surface area contributed by atoms with Crippen LogP contribution in [0.5, 0.6) is 17.2 Å². The van der Waals surface area contributed by atoms with Crippen LogP contribution in [0.2, 0.25) is 0 Å². The van der Waals surface area contributed by atoms with E-state index in [-0.39, 0.29) is 5.97 Å². The van der Waals surface area contributed by atoms with Gasteiger partial charge in [0.1, 0.15) is 36.1 Å². The van der Waals surface area contributed by atoms with E-state index in [1.807, 2.05) is 24.3 Å². The summed E-state index contributed by atoms with van der Waals surface area (Å²) in [4.78, 5) is 11.5. The molecule has 9 heteroatoms. The van der Waals surface area contributed by atoms with E-state index >= 15 is 0 Å². The zero-order valence-electron chi connectivity index (χ0n) is 18.9. The van der Waals surface area contributed by atoms with E-state index in [1.165, 1.54) is 0 Å². The lowest BCUT2D eigenvalue weighted by atomic mass is 10.2. The molecule has 3 rings (SSSR count). The third kappa shape index (κ3) is 8.70. The Morgan fingerprint density at radius 1 is 0.879 bits per heavy atom. The van der Waals surface area contributed by atoms with Crippen LogP contribution in [-0.2, 0) is 19.0 Å². The zero-order chi connectivity index (χ0) is 23.1. The van der Waals surface area contributed by atoms with Gasteiger partial charge in [-0.05, 0) is 37.6 Å². The number of benzene rings is 2. The minimum atomic E-state index is -0.227. The van der Waals surface area contributed by atoms with Gasteiger partial charge in [-0.3, -0.25) is 4.79 Å². The molecule has 33 heavy (non-hydrogen) atoms. The van der Waals surface area contributed by atoms with Crippen LogP contribution in [0.3, 0.4) is 0 Å². The van der Waals surface area contributed by atoms with Crippen LogP contribution in [0.1, 0.15) is 19.8 Å². The number of hydrogen-bond donors (Lipinski definition) is 0. The molecular formula is C24H30N2O7. The average Bonchev–Trinajstić information content (AvgIpc) is 2.82. The van der Waals surface area contributed by atoms with Crippen LogP contribution < -0.4 is 14.2 Å². The number of para-hydroxylation sites is 1. The number of nitrogens with zero attached hydrogens (tertiary/aromatic N) is 2. The fourth-order valence-electron chi connectivity index (χ4n) is 2.93.